The Morgan fingerprint density at radius 3 is 2.22 bits per heavy atom. The lowest BCUT2D eigenvalue weighted by Gasteiger charge is -2.19. The molecule has 3 rings (SSSR count). The number of hydrogen-bond acceptors (Lipinski definition) is 2. The molecule has 0 fully saturated rings. The van der Waals surface area contributed by atoms with Gasteiger partial charge in [-0.2, -0.15) is 0 Å². The summed E-state index contributed by atoms with van der Waals surface area (Å²) in [5, 5.41) is 0. The van der Waals surface area contributed by atoms with Crippen LogP contribution in [0.2, 0.25) is 0 Å². The van der Waals surface area contributed by atoms with Crippen molar-refractivity contribution in [3.05, 3.63) is 99.3 Å². The highest BCUT2D eigenvalue weighted by atomic mass is 16.1. The number of carbonyl (C=O) groups is 1. The number of ketones is 1. The Morgan fingerprint density at radius 1 is 1.03 bits per heavy atom. The van der Waals surface area contributed by atoms with E-state index in [1.165, 1.54) is 33.4 Å². The molecular weight excluding hydrogens is 390 g/mol. The van der Waals surface area contributed by atoms with Crippen molar-refractivity contribution in [1.29, 1.82) is 0 Å². The maximum atomic E-state index is 12.2. The number of benzene rings is 2. The van der Waals surface area contributed by atoms with E-state index < -0.39 is 0 Å². The van der Waals surface area contributed by atoms with Gasteiger partial charge >= 0.3 is 0 Å². The summed E-state index contributed by atoms with van der Waals surface area (Å²) in [7, 11) is 0. The largest absolute Gasteiger partial charge is 0.295 e. The molecule has 2 heteroatoms. The summed E-state index contributed by atoms with van der Waals surface area (Å²) in [4.78, 5) is 17.0. The summed E-state index contributed by atoms with van der Waals surface area (Å²) in [6, 6.07) is 15.4. The lowest BCUT2D eigenvalue weighted by atomic mass is 9.84. The summed E-state index contributed by atoms with van der Waals surface area (Å²) in [5.41, 5.74) is 12.4. The van der Waals surface area contributed by atoms with Crippen molar-refractivity contribution in [2.24, 2.45) is 10.9 Å². The third-order valence-electron chi connectivity index (χ3n) is 6.47. The molecular formula is C30H35NO. The van der Waals surface area contributed by atoms with Crippen LogP contribution in [-0.4, -0.2) is 11.5 Å². The predicted molar refractivity (Wildman–Crippen MR) is 137 cm³/mol. The van der Waals surface area contributed by atoms with Gasteiger partial charge in [-0.25, -0.2) is 0 Å². The Bertz CT molecular complexity index is 1160. The topological polar surface area (TPSA) is 29.4 Å². The zero-order valence-corrected chi connectivity index (χ0v) is 20.6. The zero-order chi connectivity index (χ0) is 23.6. The zero-order valence-electron chi connectivity index (χ0n) is 20.6. The summed E-state index contributed by atoms with van der Waals surface area (Å²) in [5.74, 6) is 0.113. The van der Waals surface area contributed by atoms with Gasteiger partial charge in [-0.05, 0) is 81.4 Å². The molecule has 166 valence electrons. The van der Waals surface area contributed by atoms with Crippen LogP contribution >= 0.6 is 0 Å². The number of aryl methyl sites for hydroxylation is 1. The van der Waals surface area contributed by atoms with E-state index in [2.05, 4.69) is 83.7 Å². The molecule has 0 saturated carbocycles. The average molecular weight is 426 g/mol. The van der Waals surface area contributed by atoms with Crippen molar-refractivity contribution >= 4 is 17.1 Å². The molecule has 0 amide bonds. The number of rotatable bonds is 7. The molecule has 1 aliphatic heterocycles. The van der Waals surface area contributed by atoms with Crippen LogP contribution in [0.4, 0.5) is 0 Å². The van der Waals surface area contributed by atoms with Crippen molar-refractivity contribution < 1.29 is 4.79 Å². The molecule has 2 aromatic carbocycles. The van der Waals surface area contributed by atoms with Crippen molar-refractivity contribution in [3.8, 4) is 0 Å². The number of carbonyl (C=O) groups excluding carboxylic acids is 1. The summed E-state index contributed by atoms with van der Waals surface area (Å²) in [6.45, 7) is 18.6. The Kier molecular flexibility index (Phi) is 7.13. The van der Waals surface area contributed by atoms with Gasteiger partial charge in [-0.1, -0.05) is 73.5 Å². The molecule has 32 heavy (non-hydrogen) atoms. The van der Waals surface area contributed by atoms with Crippen LogP contribution < -0.4 is 0 Å². The van der Waals surface area contributed by atoms with E-state index >= 15 is 0 Å². The minimum Gasteiger partial charge on any atom is -0.295 e. The van der Waals surface area contributed by atoms with Gasteiger partial charge in [0.2, 0.25) is 0 Å². The number of allylic oxidation sites excluding steroid dienone is 5. The van der Waals surface area contributed by atoms with E-state index in [9.17, 15) is 4.79 Å². The first-order valence-electron chi connectivity index (χ1n) is 11.5. The molecule has 0 aliphatic carbocycles. The fourth-order valence-corrected chi connectivity index (χ4v) is 4.71. The second kappa shape index (κ2) is 9.65. The lowest BCUT2D eigenvalue weighted by Crippen LogP contribution is -2.15. The van der Waals surface area contributed by atoms with E-state index in [1.807, 2.05) is 6.92 Å². The Morgan fingerprint density at radius 2 is 1.69 bits per heavy atom. The first-order valence-corrected chi connectivity index (χ1v) is 11.5. The first-order chi connectivity index (χ1) is 15.1. The van der Waals surface area contributed by atoms with Gasteiger partial charge in [-0.3, -0.25) is 9.79 Å². The predicted octanol–water partition coefficient (Wildman–Crippen LogP) is 7.65. The normalized spacial score (nSPS) is 16.7. The smallest absolute Gasteiger partial charge is 0.158 e. The number of nitrogens with zero attached hydrogens (tertiary/aromatic N) is 1. The Labute approximate surface area is 193 Å². The maximum Gasteiger partial charge on any atom is 0.158 e. The Hall–Kier alpha value is -3.00. The maximum absolute atomic E-state index is 12.2. The van der Waals surface area contributed by atoms with Gasteiger partial charge in [-0.15, -0.1) is 0 Å². The van der Waals surface area contributed by atoms with Gasteiger partial charge in [0.25, 0.3) is 0 Å². The van der Waals surface area contributed by atoms with Gasteiger partial charge in [0, 0.05) is 17.2 Å². The first kappa shape index (κ1) is 23.7. The molecule has 2 nitrogen and oxygen atoms in total. The number of hydrogen-bond donors (Lipinski definition) is 0. The monoisotopic (exact) mass is 425 g/mol. The molecule has 0 spiro atoms. The quantitative estimate of drug-likeness (QED) is 0.419. The fraction of sp³-hybridized carbons (Fsp3) is 0.333. The molecule has 0 radical (unpaired) electrons. The molecule has 0 bridgehead atoms. The van der Waals surface area contributed by atoms with Crippen LogP contribution in [0.3, 0.4) is 0 Å². The molecule has 1 atom stereocenters. The van der Waals surface area contributed by atoms with Gasteiger partial charge in [0.1, 0.15) is 0 Å². The standard InChI is InChI=1S/C30H35NO/c1-9-20(5)28(18(2)3)27-17-26(30-21(6)29(23(8)32)22(7)31-30)15-14-25(27)16-24-12-10-19(4)11-13-24/h10-15,17,21H,2,9,16H2,1,3-8H3/b28-20+. The minimum absolute atomic E-state index is 0.00725. The summed E-state index contributed by atoms with van der Waals surface area (Å²) >= 11 is 0. The van der Waals surface area contributed by atoms with Crippen LogP contribution in [0.15, 0.2) is 76.5 Å². The van der Waals surface area contributed by atoms with Gasteiger partial charge in [0.15, 0.2) is 5.78 Å². The lowest BCUT2D eigenvalue weighted by molar-refractivity contribution is -0.113. The molecule has 1 aliphatic rings. The second-order valence-corrected chi connectivity index (χ2v) is 9.10. The Balaban J connectivity index is 2.14. The number of Topliss-reactive ketones (excluding diaryl/α,β-unsaturated/α-hetero) is 1. The molecule has 0 aromatic heterocycles. The SMILES string of the molecule is C=C(C)/C(=C(/C)CC)c1cc(C2=NC(C)=C(C(C)=O)C2C)ccc1Cc1ccc(C)cc1. The van der Waals surface area contributed by atoms with Crippen molar-refractivity contribution in [3.63, 3.8) is 0 Å². The molecule has 0 saturated heterocycles. The van der Waals surface area contributed by atoms with E-state index in [0.717, 1.165) is 41.0 Å². The van der Waals surface area contributed by atoms with Gasteiger partial charge < -0.3 is 0 Å². The third-order valence-corrected chi connectivity index (χ3v) is 6.47. The van der Waals surface area contributed by atoms with E-state index in [1.54, 1.807) is 6.92 Å². The highest BCUT2D eigenvalue weighted by molar-refractivity contribution is 6.13. The van der Waals surface area contributed by atoms with Crippen LogP contribution in [-0.2, 0) is 11.2 Å². The number of aliphatic imine (C=N–C) groups is 1. The van der Waals surface area contributed by atoms with Crippen molar-refractivity contribution in [2.75, 3.05) is 0 Å². The second-order valence-electron chi connectivity index (χ2n) is 9.10. The highest BCUT2D eigenvalue weighted by Crippen LogP contribution is 2.35. The molecule has 0 N–H and O–H groups in total. The third kappa shape index (κ3) is 4.75. The molecule has 1 heterocycles. The van der Waals surface area contributed by atoms with Crippen LogP contribution in [0, 0.1) is 12.8 Å². The van der Waals surface area contributed by atoms with E-state index in [4.69, 9.17) is 4.99 Å². The van der Waals surface area contributed by atoms with Crippen LogP contribution in [0.25, 0.3) is 5.57 Å². The highest BCUT2D eigenvalue weighted by Gasteiger charge is 2.28. The molecule has 2 aromatic rings. The van der Waals surface area contributed by atoms with E-state index in [0.29, 0.717) is 0 Å². The molecule has 1 unspecified atom stereocenters. The summed E-state index contributed by atoms with van der Waals surface area (Å²) in [6.07, 6.45) is 1.84. The fourth-order valence-electron chi connectivity index (χ4n) is 4.71. The average Bonchev–Trinajstić information content (AvgIpc) is 3.04. The van der Waals surface area contributed by atoms with E-state index in [-0.39, 0.29) is 11.7 Å². The van der Waals surface area contributed by atoms with Crippen molar-refractivity contribution in [1.82, 2.24) is 0 Å². The van der Waals surface area contributed by atoms with Crippen LogP contribution in [0.1, 0.15) is 75.8 Å². The summed E-state index contributed by atoms with van der Waals surface area (Å²) < 4.78 is 0. The van der Waals surface area contributed by atoms with Crippen molar-refractivity contribution in [2.45, 2.75) is 61.3 Å². The van der Waals surface area contributed by atoms with Gasteiger partial charge in [0.05, 0.1) is 5.71 Å². The minimum atomic E-state index is 0.00725. The van der Waals surface area contributed by atoms with Crippen LogP contribution in [0.5, 0.6) is 0 Å².